The lowest BCUT2D eigenvalue weighted by Gasteiger charge is -2.29. The van der Waals surface area contributed by atoms with Crippen molar-refractivity contribution in [3.8, 4) is 0 Å². The van der Waals surface area contributed by atoms with Crippen LogP contribution in [0.5, 0.6) is 0 Å². The van der Waals surface area contributed by atoms with Gasteiger partial charge in [-0.2, -0.15) is 5.06 Å². The molecule has 2 rings (SSSR count). The summed E-state index contributed by atoms with van der Waals surface area (Å²) in [4.78, 5) is 30.6. The van der Waals surface area contributed by atoms with E-state index in [1.807, 2.05) is 13.8 Å². The van der Waals surface area contributed by atoms with E-state index in [1.54, 1.807) is 12.2 Å². The molecular formula is C13H19N3O3. The molecule has 6 heteroatoms. The Labute approximate surface area is 112 Å². The molecule has 0 radical (unpaired) electrons. The largest absolute Gasteiger partial charge is 0.368 e. The van der Waals surface area contributed by atoms with E-state index in [2.05, 4.69) is 6.58 Å². The molecule has 1 saturated heterocycles. The van der Waals surface area contributed by atoms with Gasteiger partial charge in [-0.25, -0.2) is 4.79 Å². The second kappa shape index (κ2) is 5.05. The number of amides is 3. The number of carbonyl (C=O) groups is 2. The lowest BCUT2D eigenvalue weighted by molar-refractivity contribution is -0.121. The number of hydroxylamine groups is 2. The first-order valence-electron chi connectivity index (χ1n) is 6.32. The third kappa shape index (κ3) is 2.23. The molecule has 1 fully saturated rings. The number of fused-ring (bicyclic) bond motifs is 2. The molecule has 3 amide bonds. The van der Waals surface area contributed by atoms with Crippen LogP contribution in [-0.2, 0) is 9.63 Å². The van der Waals surface area contributed by atoms with E-state index in [4.69, 9.17) is 10.6 Å². The highest BCUT2D eigenvalue weighted by molar-refractivity contribution is 5.90. The minimum Gasteiger partial charge on any atom is -0.368 e. The highest BCUT2D eigenvalue weighted by Crippen LogP contribution is 2.33. The molecule has 0 aromatic heterocycles. The Balaban J connectivity index is 2.32. The molecule has 0 spiro atoms. The molecular weight excluding hydrogens is 246 g/mol. The Morgan fingerprint density at radius 2 is 2.37 bits per heavy atom. The molecule has 6 nitrogen and oxygen atoms in total. The first-order valence-corrected chi connectivity index (χ1v) is 6.32. The van der Waals surface area contributed by atoms with Gasteiger partial charge in [0.05, 0.1) is 13.2 Å². The second-order valence-corrected chi connectivity index (χ2v) is 5.03. The van der Waals surface area contributed by atoms with Crippen molar-refractivity contribution in [3.63, 3.8) is 0 Å². The van der Waals surface area contributed by atoms with Gasteiger partial charge in [-0.15, -0.1) is 6.58 Å². The van der Waals surface area contributed by atoms with Gasteiger partial charge in [0.1, 0.15) is 12.1 Å². The standard InChI is InChI=1S/C13H19N3O3/c1-4-5-19-16-11-7-15(13(16)18)10(12(14)17)6-9(11)8(2)3/h4,6,8,10-11H,1,5,7H2,2-3H3,(H2,14,17). The van der Waals surface area contributed by atoms with E-state index in [0.29, 0.717) is 6.54 Å². The van der Waals surface area contributed by atoms with Crippen molar-refractivity contribution < 1.29 is 14.4 Å². The minimum absolute atomic E-state index is 0.150. The molecule has 2 unspecified atom stereocenters. The maximum atomic E-state index is 12.2. The Hall–Kier alpha value is -1.82. The van der Waals surface area contributed by atoms with Crippen molar-refractivity contribution in [1.82, 2.24) is 9.96 Å². The summed E-state index contributed by atoms with van der Waals surface area (Å²) in [5.74, 6) is -0.301. The van der Waals surface area contributed by atoms with Crippen molar-refractivity contribution in [2.75, 3.05) is 13.2 Å². The van der Waals surface area contributed by atoms with Crippen LogP contribution in [-0.4, -0.2) is 47.1 Å². The average Bonchev–Trinajstić information content (AvgIpc) is 2.61. The predicted molar refractivity (Wildman–Crippen MR) is 69.8 cm³/mol. The fraction of sp³-hybridized carbons (Fsp3) is 0.538. The van der Waals surface area contributed by atoms with Crippen LogP contribution in [0.2, 0.25) is 0 Å². The number of rotatable bonds is 5. The van der Waals surface area contributed by atoms with Gasteiger partial charge in [0, 0.05) is 0 Å². The quantitative estimate of drug-likeness (QED) is 0.742. The molecule has 2 aliphatic rings. The van der Waals surface area contributed by atoms with E-state index >= 15 is 0 Å². The number of carbonyl (C=O) groups excluding carboxylic acids is 2. The van der Waals surface area contributed by atoms with E-state index in [0.717, 1.165) is 5.57 Å². The van der Waals surface area contributed by atoms with Crippen LogP contribution in [0.1, 0.15) is 13.8 Å². The highest BCUT2D eigenvalue weighted by Gasteiger charge is 2.48. The molecule has 0 aromatic carbocycles. The maximum absolute atomic E-state index is 12.2. The van der Waals surface area contributed by atoms with Gasteiger partial charge in [-0.1, -0.05) is 26.0 Å². The molecule has 2 aliphatic heterocycles. The summed E-state index contributed by atoms with van der Waals surface area (Å²) in [6.45, 7) is 8.30. The third-order valence-electron chi connectivity index (χ3n) is 3.45. The molecule has 0 aliphatic carbocycles. The molecule has 0 saturated carbocycles. The van der Waals surface area contributed by atoms with Crippen molar-refractivity contribution in [3.05, 3.63) is 24.3 Å². The summed E-state index contributed by atoms with van der Waals surface area (Å²) in [6, 6.07) is -1.15. The average molecular weight is 265 g/mol. The van der Waals surface area contributed by atoms with Gasteiger partial charge < -0.3 is 10.6 Å². The number of primary amides is 1. The van der Waals surface area contributed by atoms with Gasteiger partial charge in [-0.05, 0) is 11.5 Å². The molecule has 19 heavy (non-hydrogen) atoms. The lowest BCUT2D eigenvalue weighted by Crippen LogP contribution is -2.47. The summed E-state index contributed by atoms with van der Waals surface area (Å²) >= 11 is 0. The monoisotopic (exact) mass is 265 g/mol. The number of nitrogens with two attached hydrogens (primary N) is 1. The third-order valence-corrected chi connectivity index (χ3v) is 3.45. The zero-order valence-electron chi connectivity index (χ0n) is 11.2. The Morgan fingerprint density at radius 3 is 2.89 bits per heavy atom. The number of hydrogen-bond acceptors (Lipinski definition) is 3. The van der Waals surface area contributed by atoms with Crippen molar-refractivity contribution >= 4 is 11.9 Å². The van der Waals surface area contributed by atoms with E-state index in [9.17, 15) is 9.59 Å². The van der Waals surface area contributed by atoms with Crippen LogP contribution in [0.15, 0.2) is 24.3 Å². The Morgan fingerprint density at radius 1 is 1.68 bits per heavy atom. The van der Waals surface area contributed by atoms with Crippen LogP contribution in [0, 0.1) is 5.92 Å². The molecule has 2 atom stereocenters. The SMILES string of the molecule is C=CCON1C(=O)N2CC1C(C(C)C)=CC2C(N)=O. The zero-order chi connectivity index (χ0) is 14.2. The Bertz CT molecular complexity index is 444. The first kappa shape index (κ1) is 13.6. The van der Waals surface area contributed by atoms with Crippen LogP contribution in [0.4, 0.5) is 4.79 Å². The molecule has 2 bridgehead atoms. The van der Waals surface area contributed by atoms with Gasteiger partial charge in [0.25, 0.3) is 0 Å². The molecule has 104 valence electrons. The van der Waals surface area contributed by atoms with Crippen molar-refractivity contribution in [2.45, 2.75) is 25.9 Å². The lowest BCUT2D eigenvalue weighted by atomic mass is 9.91. The van der Waals surface area contributed by atoms with Crippen LogP contribution in [0.25, 0.3) is 0 Å². The van der Waals surface area contributed by atoms with Crippen molar-refractivity contribution in [1.29, 1.82) is 0 Å². The van der Waals surface area contributed by atoms with Crippen LogP contribution >= 0.6 is 0 Å². The topological polar surface area (TPSA) is 75.9 Å². The summed E-state index contributed by atoms with van der Waals surface area (Å²) in [5, 5.41) is 1.33. The normalized spacial score (nSPS) is 25.8. The van der Waals surface area contributed by atoms with Gasteiger partial charge in [0.2, 0.25) is 5.91 Å². The summed E-state index contributed by atoms with van der Waals surface area (Å²) in [6.07, 6.45) is 3.37. The zero-order valence-corrected chi connectivity index (χ0v) is 11.2. The molecule has 2 heterocycles. The minimum atomic E-state index is -0.682. The van der Waals surface area contributed by atoms with E-state index in [-0.39, 0.29) is 24.6 Å². The highest BCUT2D eigenvalue weighted by atomic mass is 16.7. The molecule has 0 aromatic rings. The fourth-order valence-electron chi connectivity index (χ4n) is 2.55. The summed E-state index contributed by atoms with van der Waals surface area (Å²) in [7, 11) is 0. The number of urea groups is 1. The summed E-state index contributed by atoms with van der Waals surface area (Å²) < 4.78 is 0. The van der Waals surface area contributed by atoms with Crippen LogP contribution < -0.4 is 5.73 Å². The maximum Gasteiger partial charge on any atom is 0.345 e. The van der Waals surface area contributed by atoms with Crippen LogP contribution in [0.3, 0.4) is 0 Å². The van der Waals surface area contributed by atoms with E-state index < -0.39 is 11.9 Å². The first-order chi connectivity index (χ1) is 8.97. The molecule has 2 N–H and O–H groups in total. The van der Waals surface area contributed by atoms with Gasteiger partial charge >= 0.3 is 6.03 Å². The van der Waals surface area contributed by atoms with Crippen molar-refractivity contribution in [2.24, 2.45) is 11.7 Å². The van der Waals surface area contributed by atoms with Gasteiger partial charge in [-0.3, -0.25) is 9.63 Å². The predicted octanol–water partition coefficient (Wildman–Crippen LogP) is 0.660. The fourth-order valence-corrected chi connectivity index (χ4v) is 2.55. The second-order valence-electron chi connectivity index (χ2n) is 5.03. The smallest absolute Gasteiger partial charge is 0.345 e. The van der Waals surface area contributed by atoms with E-state index in [1.165, 1.54) is 9.96 Å². The summed E-state index contributed by atoms with van der Waals surface area (Å²) in [5.41, 5.74) is 6.38. The number of nitrogens with zero attached hydrogens (tertiary/aromatic N) is 2. The Kier molecular flexibility index (Phi) is 3.61. The number of hydrogen-bond donors (Lipinski definition) is 1. The van der Waals surface area contributed by atoms with Gasteiger partial charge in [0.15, 0.2) is 0 Å².